The Hall–Kier alpha value is -0.820. The van der Waals surface area contributed by atoms with E-state index >= 15 is 0 Å². The summed E-state index contributed by atoms with van der Waals surface area (Å²) in [7, 11) is 0. The summed E-state index contributed by atoms with van der Waals surface area (Å²) < 4.78 is 11.8. The molecule has 0 atom stereocenters. The third-order valence-corrected chi connectivity index (χ3v) is 3.51. The number of benzene rings is 1. The Labute approximate surface area is 120 Å². The van der Waals surface area contributed by atoms with Crippen molar-refractivity contribution in [3.8, 4) is 0 Å². The number of hydrogen-bond donors (Lipinski definition) is 1. The highest BCUT2D eigenvalue weighted by atomic mass is 127. The molecular formula is C13H16INO3. The molecule has 1 amide bonds. The smallest absolute Gasteiger partial charge is 0.412 e. The van der Waals surface area contributed by atoms with Crippen LogP contribution in [0.4, 0.5) is 10.5 Å². The van der Waals surface area contributed by atoms with Crippen molar-refractivity contribution >= 4 is 34.4 Å². The zero-order valence-corrected chi connectivity index (χ0v) is 12.8. The molecule has 0 bridgehead atoms. The van der Waals surface area contributed by atoms with Crippen LogP contribution in [0.3, 0.4) is 0 Å². The number of amides is 1. The van der Waals surface area contributed by atoms with Crippen molar-refractivity contribution in [2.45, 2.75) is 39.6 Å². The van der Waals surface area contributed by atoms with E-state index in [4.69, 9.17) is 9.47 Å². The van der Waals surface area contributed by atoms with Crippen LogP contribution in [0.2, 0.25) is 0 Å². The average Bonchev–Trinajstić information content (AvgIpc) is 2.69. The van der Waals surface area contributed by atoms with E-state index in [1.165, 1.54) is 0 Å². The van der Waals surface area contributed by atoms with Gasteiger partial charge in [0.15, 0.2) is 0 Å². The van der Waals surface area contributed by atoms with Crippen molar-refractivity contribution in [2.75, 3.05) is 5.32 Å². The van der Waals surface area contributed by atoms with Crippen LogP contribution in [-0.2, 0) is 22.7 Å². The van der Waals surface area contributed by atoms with Gasteiger partial charge in [-0.25, -0.2) is 4.79 Å². The summed E-state index contributed by atoms with van der Waals surface area (Å²) in [4.78, 5) is 11.7. The number of carbonyl (C=O) groups excluding carboxylic acids is 1. The molecule has 18 heavy (non-hydrogen) atoms. The van der Waals surface area contributed by atoms with Gasteiger partial charge in [0.05, 0.1) is 13.2 Å². The maximum Gasteiger partial charge on any atom is 0.412 e. The van der Waals surface area contributed by atoms with Crippen LogP contribution in [-0.4, -0.2) is 11.7 Å². The van der Waals surface area contributed by atoms with E-state index in [0.717, 1.165) is 20.4 Å². The normalized spacial score (nSPS) is 14.2. The Balaban J connectivity index is 2.16. The minimum absolute atomic E-state index is 0.433. The summed E-state index contributed by atoms with van der Waals surface area (Å²) in [6, 6.07) is 3.86. The fraction of sp³-hybridized carbons (Fsp3) is 0.462. The van der Waals surface area contributed by atoms with Crippen molar-refractivity contribution in [3.63, 3.8) is 0 Å². The van der Waals surface area contributed by atoms with Gasteiger partial charge < -0.3 is 9.47 Å². The molecule has 0 saturated heterocycles. The molecule has 1 aromatic rings. The molecule has 0 radical (unpaired) electrons. The van der Waals surface area contributed by atoms with E-state index in [1.54, 1.807) is 0 Å². The molecule has 0 aliphatic carbocycles. The van der Waals surface area contributed by atoms with Crippen LogP contribution in [0.5, 0.6) is 0 Å². The maximum absolute atomic E-state index is 11.7. The largest absolute Gasteiger partial charge is 0.444 e. The summed E-state index contributed by atoms with van der Waals surface area (Å²) in [5.74, 6) is 0. The second-order valence-electron chi connectivity index (χ2n) is 5.17. The molecule has 4 nitrogen and oxygen atoms in total. The van der Waals surface area contributed by atoms with Gasteiger partial charge in [0.25, 0.3) is 0 Å². The highest BCUT2D eigenvalue weighted by Crippen LogP contribution is 2.31. The third-order valence-electron chi connectivity index (χ3n) is 2.50. The topological polar surface area (TPSA) is 47.6 Å². The van der Waals surface area contributed by atoms with E-state index in [1.807, 2.05) is 32.9 Å². The van der Waals surface area contributed by atoms with Gasteiger partial charge in [-0.3, -0.25) is 5.32 Å². The molecule has 98 valence electrons. The lowest BCUT2D eigenvalue weighted by Gasteiger charge is -2.20. The molecule has 1 heterocycles. The number of anilines is 1. The molecule has 2 rings (SSSR count). The van der Waals surface area contributed by atoms with Crippen molar-refractivity contribution in [1.82, 2.24) is 0 Å². The molecule has 0 unspecified atom stereocenters. The first-order valence-corrected chi connectivity index (χ1v) is 6.83. The quantitative estimate of drug-likeness (QED) is 0.777. The Morgan fingerprint density at radius 3 is 2.67 bits per heavy atom. The lowest BCUT2D eigenvalue weighted by molar-refractivity contribution is 0.0635. The van der Waals surface area contributed by atoms with E-state index in [-0.39, 0.29) is 0 Å². The summed E-state index contributed by atoms with van der Waals surface area (Å²) in [5.41, 5.74) is 2.49. The monoisotopic (exact) mass is 361 g/mol. The first-order chi connectivity index (χ1) is 8.37. The van der Waals surface area contributed by atoms with Crippen LogP contribution in [0.25, 0.3) is 0 Å². The Morgan fingerprint density at radius 1 is 1.33 bits per heavy atom. The second-order valence-corrected chi connectivity index (χ2v) is 6.33. The predicted octanol–water partition coefficient (Wildman–Crippen LogP) is 3.67. The van der Waals surface area contributed by atoms with Crippen LogP contribution in [0.1, 0.15) is 31.9 Å². The SMILES string of the molecule is CC(C)(C)OC(=O)Nc1ccc(I)c2c1COC2. The molecule has 0 spiro atoms. The summed E-state index contributed by atoms with van der Waals surface area (Å²) >= 11 is 2.27. The lowest BCUT2D eigenvalue weighted by atomic mass is 10.1. The molecule has 0 aromatic heterocycles. The molecule has 1 aliphatic heterocycles. The zero-order chi connectivity index (χ0) is 13.3. The number of ether oxygens (including phenoxy) is 2. The Morgan fingerprint density at radius 2 is 2.00 bits per heavy atom. The van der Waals surface area contributed by atoms with Crippen LogP contribution in [0, 0.1) is 3.57 Å². The van der Waals surface area contributed by atoms with Gasteiger partial charge in [0.2, 0.25) is 0 Å². The van der Waals surface area contributed by atoms with Gasteiger partial charge in [-0.2, -0.15) is 0 Å². The summed E-state index contributed by atoms with van der Waals surface area (Å²) in [6.45, 7) is 6.67. The van der Waals surface area contributed by atoms with E-state index in [2.05, 4.69) is 27.9 Å². The first-order valence-electron chi connectivity index (χ1n) is 5.75. The fourth-order valence-corrected chi connectivity index (χ4v) is 2.43. The molecule has 5 heteroatoms. The molecular weight excluding hydrogens is 345 g/mol. The minimum Gasteiger partial charge on any atom is -0.444 e. The van der Waals surface area contributed by atoms with Crippen LogP contribution in [0.15, 0.2) is 12.1 Å². The van der Waals surface area contributed by atoms with Crippen LogP contribution >= 0.6 is 22.6 Å². The number of halogens is 1. The van der Waals surface area contributed by atoms with E-state index in [0.29, 0.717) is 13.2 Å². The van der Waals surface area contributed by atoms with E-state index in [9.17, 15) is 4.79 Å². The Kier molecular flexibility index (Phi) is 3.82. The van der Waals surface area contributed by atoms with Crippen molar-refractivity contribution in [1.29, 1.82) is 0 Å². The minimum atomic E-state index is -0.493. The average molecular weight is 361 g/mol. The molecule has 0 fully saturated rings. The predicted molar refractivity (Wildman–Crippen MR) is 77.5 cm³/mol. The summed E-state index contributed by atoms with van der Waals surface area (Å²) in [6.07, 6.45) is -0.433. The van der Waals surface area contributed by atoms with Gasteiger partial charge in [-0.1, -0.05) is 0 Å². The van der Waals surface area contributed by atoms with Crippen molar-refractivity contribution < 1.29 is 14.3 Å². The van der Waals surface area contributed by atoms with Gasteiger partial charge in [-0.05, 0) is 61.1 Å². The number of hydrogen-bond acceptors (Lipinski definition) is 3. The fourth-order valence-electron chi connectivity index (χ4n) is 1.77. The molecule has 1 aromatic carbocycles. The maximum atomic E-state index is 11.7. The van der Waals surface area contributed by atoms with Gasteiger partial charge >= 0.3 is 6.09 Å². The van der Waals surface area contributed by atoms with E-state index < -0.39 is 11.7 Å². The molecule has 1 aliphatic rings. The number of carbonyl (C=O) groups is 1. The number of rotatable bonds is 1. The van der Waals surface area contributed by atoms with Crippen molar-refractivity contribution in [2.24, 2.45) is 0 Å². The van der Waals surface area contributed by atoms with Gasteiger partial charge in [0.1, 0.15) is 5.60 Å². The van der Waals surface area contributed by atoms with Gasteiger partial charge in [0, 0.05) is 14.8 Å². The van der Waals surface area contributed by atoms with Crippen molar-refractivity contribution in [3.05, 3.63) is 26.8 Å². The van der Waals surface area contributed by atoms with Gasteiger partial charge in [-0.15, -0.1) is 0 Å². The Bertz CT molecular complexity index is 480. The first kappa shape index (κ1) is 13.6. The highest BCUT2D eigenvalue weighted by Gasteiger charge is 2.21. The second kappa shape index (κ2) is 5.05. The molecule has 0 saturated carbocycles. The number of fused-ring (bicyclic) bond motifs is 1. The highest BCUT2D eigenvalue weighted by molar-refractivity contribution is 14.1. The zero-order valence-electron chi connectivity index (χ0n) is 10.7. The standard InChI is InChI=1S/C13H16INO3/c1-13(2,3)18-12(16)15-11-5-4-10(14)8-6-17-7-9(8)11/h4-5H,6-7H2,1-3H3,(H,15,16). The molecule has 1 N–H and O–H groups in total. The third kappa shape index (κ3) is 3.14. The number of nitrogens with one attached hydrogen (secondary N) is 1. The lowest BCUT2D eigenvalue weighted by Crippen LogP contribution is -2.27. The summed E-state index contributed by atoms with van der Waals surface area (Å²) in [5, 5.41) is 2.78. The van der Waals surface area contributed by atoms with Crippen LogP contribution < -0.4 is 5.32 Å².